The molecule has 126 valence electrons. The van der Waals surface area contributed by atoms with E-state index < -0.39 is 0 Å². The quantitative estimate of drug-likeness (QED) is 0.579. The van der Waals surface area contributed by atoms with E-state index >= 15 is 0 Å². The molecule has 0 aliphatic carbocycles. The van der Waals surface area contributed by atoms with E-state index in [2.05, 4.69) is 47.6 Å². The summed E-state index contributed by atoms with van der Waals surface area (Å²) in [4.78, 5) is 0. The highest BCUT2D eigenvalue weighted by Gasteiger charge is 2.18. The molecular formula is C21H36O. The summed E-state index contributed by atoms with van der Waals surface area (Å²) in [6, 6.07) is 4.09. The van der Waals surface area contributed by atoms with Gasteiger partial charge in [-0.2, -0.15) is 0 Å². The van der Waals surface area contributed by atoms with Gasteiger partial charge in [0, 0.05) is 0 Å². The van der Waals surface area contributed by atoms with Gasteiger partial charge in [0.1, 0.15) is 5.75 Å². The summed E-state index contributed by atoms with van der Waals surface area (Å²) in [5.41, 5.74) is 4.12. The predicted octanol–water partition coefficient (Wildman–Crippen LogP) is 6.16. The van der Waals surface area contributed by atoms with Crippen molar-refractivity contribution in [2.24, 2.45) is 17.8 Å². The van der Waals surface area contributed by atoms with Gasteiger partial charge in [0.25, 0.3) is 0 Å². The molecule has 0 saturated heterocycles. The number of hydrogen-bond acceptors (Lipinski definition) is 1. The van der Waals surface area contributed by atoms with Crippen LogP contribution in [-0.2, 0) is 19.3 Å². The van der Waals surface area contributed by atoms with Crippen molar-refractivity contribution in [3.05, 3.63) is 28.8 Å². The monoisotopic (exact) mass is 304 g/mol. The van der Waals surface area contributed by atoms with Crippen LogP contribution in [0, 0.1) is 17.8 Å². The normalized spacial score (nSPS) is 15.5. The number of aromatic hydroxyl groups is 1. The van der Waals surface area contributed by atoms with Crippen LogP contribution in [0.4, 0.5) is 0 Å². The lowest BCUT2D eigenvalue weighted by Crippen LogP contribution is -2.11. The van der Waals surface area contributed by atoms with Crippen LogP contribution in [0.5, 0.6) is 5.75 Å². The molecule has 1 heteroatoms. The zero-order valence-corrected chi connectivity index (χ0v) is 15.6. The summed E-state index contributed by atoms with van der Waals surface area (Å²) >= 11 is 0. The fourth-order valence-corrected chi connectivity index (χ4v) is 2.91. The van der Waals surface area contributed by atoms with Crippen LogP contribution in [0.25, 0.3) is 0 Å². The maximum Gasteiger partial charge on any atom is 0.119 e. The fraction of sp³-hybridized carbons (Fsp3) is 0.714. The standard InChI is InChI=1S/C21H36O/c1-7-15(4)12-18-10-11-21(22)20(14-17(6)9-3)19(18)13-16(5)8-2/h10-11,15-17,22H,7-9,12-14H2,1-6H3. The fourth-order valence-electron chi connectivity index (χ4n) is 2.91. The van der Waals surface area contributed by atoms with Gasteiger partial charge in [0.05, 0.1) is 0 Å². The van der Waals surface area contributed by atoms with Gasteiger partial charge in [-0.1, -0.05) is 66.9 Å². The number of hydrogen-bond donors (Lipinski definition) is 1. The molecule has 0 amide bonds. The van der Waals surface area contributed by atoms with Gasteiger partial charge in [0.2, 0.25) is 0 Å². The van der Waals surface area contributed by atoms with Crippen molar-refractivity contribution in [3.63, 3.8) is 0 Å². The molecule has 0 heterocycles. The summed E-state index contributed by atoms with van der Waals surface area (Å²) in [7, 11) is 0. The first-order valence-electron chi connectivity index (χ1n) is 9.25. The highest BCUT2D eigenvalue weighted by atomic mass is 16.3. The average Bonchev–Trinajstić information content (AvgIpc) is 2.52. The molecule has 1 aromatic rings. The number of rotatable bonds is 9. The molecule has 0 radical (unpaired) electrons. The molecular weight excluding hydrogens is 268 g/mol. The molecule has 3 atom stereocenters. The second-order valence-corrected chi connectivity index (χ2v) is 7.35. The second-order valence-electron chi connectivity index (χ2n) is 7.35. The Balaban J connectivity index is 3.22. The maximum atomic E-state index is 10.4. The summed E-state index contributed by atoms with van der Waals surface area (Å²) in [5.74, 6) is 2.51. The van der Waals surface area contributed by atoms with Crippen molar-refractivity contribution < 1.29 is 5.11 Å². The molecule has 0 fully saturated rings. The molecule has 0 bridgehead atoms. The lowest BCUT2D eigenvalue weighted by atomic mass is 9.84. The molecule has 0 saturated carbocycles. The first-order valence-corrected chi connectivity index (χ1v) is 9.25. The highest BCUT2D eigenvalue weighted by Crippen LogP contribution is 2.32. The smallest absolute Gasteiger partial charge is 0.119 e. The minimum Gasteiger partial charge on any atom is -0.508 e. The van der Waals surface area contributed by atoms with Crippen molar-refractivity contribution in [2.45, 2.75) is 80.1 Å². The predicted molar refractivity (Wildman–Crippen MR) is 97.6 cm³/mol. The molecule has 1 nitrogen and oxygen atoms in total. The van der Waals surface area contributed by atoms with E-state index in [1.54, 1.807) is 0 Å². The van der Waals surface area contributed by atoms with E-state index in [-0.39, 0.29) is 0 Å². The molecule has 0 spiro atoms. The largest absolute Gasteiger partial charge is 0.508 e. The molecule has 3 unspecified atom stereocenters. The third-order valence-corrected chi connectivity index (χ3v) is 5.27. The SMILES string of the molecule is CCC(C)Cc1ccc(O)c(CC(C)CC)c1CC(C)CC. The molecule has 1 N–H and O–H groups in total. The minimum atomic E-state index is 0.506. The van der Waals surface area contributed by atoms with Gasteiger partial charge in [-0.15, -0.1) is 0 Å². The number of benzene rings is 1. The van der Waals surface area contributed by atoms with E-state index in [9.17, 15) is 5.11 Å². The lowest BCUT2D eigenvalue weighted by molar-refractivity contribution is 0.450. The van der Waals surface area contributed by atoms with E-state index in [0.29, 0.717) is 23.5 Å². The first-order chi connectivity index (χ1) is 10.4. The van der Waals surface area contributed by atoms with Crippen molar-refractivity contribution in [2.75, 3.05) is 0 Å². The lowest BCUT2D eigenvalue weighted by Gasteiger charge is -2.22. The zero-order chi connectivity index (χ0) is 16.7. The van der Waals surface area contributed by atoms with E-state index in [1.165, 1.54) is 29.5 Å². The highest BCUT2D eigenvalue weighted by molar-refractivity contribution is 5.45. The van der Waals surface area contributed by atoms with Gasteiger partial charge >= 0.3 is 0 Å². The van der Waals surface area contributed by atoms with Gasteiger partial charge in [-0.3, -0.25) is 0 Å². The zero-order valence-electron chi connectivity index (χ0n) is 15.6. The summed E-state index contributed by atoms with van der Waals surface area (Å²) in [6.07, 6.45) is 6.81. The van der Waals surface area contributed by atoms with Gasteiger partial charge in [0.15, 0.2) is 0 Å². The Morgan fingerprint density at radius 3 is 1.68 bits per heavy atom. The minimum absolute atomic E-state index is 0.506. The van der Waals surface area contributed by atoms with Crippen LogP contribution in [0.2, 0.25) is 0 Å². The molecule has 1 aromatic carbocycles. The second kappa shape index (κ2) is 9.22. The van der Waals surface area contributed by atoms with E-state index in [4.69, 9.17) is 0 Å². The van der Waals surface area contributed by atoms with Crippen LogP contribution in [0.3, 0.4) is 0 Å². The molecule has 0 aliphatic rings. The average molecular weight is 305 g/mol. The molecule has 1 rings (SSSR count). The van der Waals surface area contributed by atoms with Crippen LogP contribution in [0.1, 0.15) is 77.5 Å². The Bertz CT molecular complexity index is 449. The van der Waals surface area contributed by atoms with Gasteiger partial charge in [-0.25, -0.2) is 0 Å². The van der Waals surface area contributed by atoms with Crippen LogP contribution >= 0.6 is 0 Å². The Kier molecular flexibility index (Phi) is 8.00. The van der Waals surface area contributed by atoms with E-state index in [0.717, 1.165) is 25.7 Å². The maximum absolute atomic E-state index is 10.4. The Morgan fingerprint density at radius 2 is 1.18 bits per heavy atom. The molecule has 22 heavy (non-hydrogen) atoms. The molecule has 0 aromatic heterocycles. The Labute approximate surface area is 138 Å². The van der Waals surface area contributed by atoms with E-state index in [1.807, 2.05) is 6.07 Å². The van der Waals surface area contributed by atoms with Crippen molar-refractivity contribution >= 4 is 0 Å². The van der Waals surface area contributed by atoms with Crippen LogP contribution < -0.4 is 0 Å². The van der Waals surface area contributed by atoms with Crippen molar-refractivity contribution in [1.82, 2.24) is 0 Å². The topological polar surface area (TPSA) is 20.2 Å². The summed E-state index contributed by atoms with van der Waals surface area (Å²) in [5, 5.41) is 10.4. The van der Waals surface area contributed by atoms with Crippen molar-refractivity contribution in [3.8, 4) is 5.75 Å². The van der Waals surface area contributed by atoms with Crippen LogP contribution in [0.15, 0.2) is 12.1 Å². The third-order valence-electron chi connectivity index (χ3n) is 5.27. The number of phenolic OH excluding ortho intramolecular Hbond substituents is 1. The third kappa shape index (κ3) is 5.34. The van der Waals surface area contributed by atoms with Crippen LogP contribution in [-0.4, -0.2) is 5.11 Å². The summed E-state index contributed by atoms with van der Waals surface area (Å²) in [6.45, 7) is 13.7. The van der Waals surface area contributed by atoms with Gasteiger partial charge in [-0.05, 0) is 59.8 Å². The Morgan fingerprint density at radius 1 is 0.727 bits per heavy atom. The Hall–Kier alpha value is -0.980. The molecule has 0 aliphatic heterocycles. The number of phenols is 1. The summed E-state index contributed by atoms with van der Waals surface area (Å²) < 4.78 is 0. The first kappa shape index (κ1) is 19.1. The van der Waals surface area contributed by atoms with Gasteiger partial charge < -0.3 is 5.11 Å². The van der Waals surface area contributed by atoms with Crippen molar-refractivity contribution in [1.29, 1.82) is 0 Å².